The molecular formula is C27H24ClF5N6O3. The first kappa shape index (κ1) is 30.6. The van der Waals surface area contributed by atoms with Crippen molar-refractivity contribution in [1.82, 2.24) is 19.7 Å². The lowest BCUT2D eigenvalue weighted by Crippen LogP contribution is -2.37. The molecule has 4 N–H and O–H groups in total. The Kier molecular flexibility index (Phi) is 8.66. The summed E-state index contributed by atoms with van der Waals surface area (Å²) in [6.07, 6.45) is -6.36. The van der Waals surface area contributed by atoms with Gasteiger partial charge >= 0.3 is 18.1 Å². The van der Waals surface area contributed by atoms with E-state index in [0.29, 0.717) is 17.4 Å². The molecule has 9 nitrogen and oxygen atoms in total. The van der Waals surface area contributed by atoms with Crippen LogP contribution in [0.5, 0.6) is 0 Å². The average molecular weight is 611 g/mol. The van der Waals surface area contributed by atoms with Crippen LogP contribution in [0.1, 0.15) is 36.8 Å². The summed E-state index contributed by atoms with van der Waals surface area (Å²) in [6, 6.07) is 14.0. The first-order valence-electron chi connectivity index (χ1n) is 12.5. The van der Waals surface area contributed by atoms with E-state index in [1.165, 1.54) is 18.2 Å². The van der Waals surface area contributed by atoms with Gasteiger partial charge in [-0.05, 0) is 37.1 Å². The number of anilines is 2. The number of fused-ring (bicyclic) bond motifs is 2. The second-order valence-corrected chi connectivity index (χ2v) is 9.91. The Morgan fingerprint density at radius 3 is 2.45 bits per heavy atom. The van der Waals surface area contributed by atoms with Gasteiger partial charge in [-0.15, -0.1) is 0 Å². The number of amides is 1. The van der Waals surface area contributed by atoms with Gasteiger partial charge in [-0.3, -0.25) is 14.3 Å². The van der Waals surface area contributed by atoms with Crippen molar-refractivity contribution < 1.29 is 36.6 Å². The fourth-order valence-corrected chi connectivity index (χ4v) is 4.40. The minimum absolute atomic E-state index is 0.0145. The Balaban J connectivity index is 0.000000310. The summed E-state index contributed by atoms with van der Waals surface area (Å²) in [5, 5.41) is 15.7. The van der Waals surface area contributed by atoms with Crippen LogP contribution in [0.4, 0.5) is 33.6 Å². The highest BCUT2D eigenvalue weighted by Gasteiger charge is 2.56. The predicted octanol–water partition coefficient (Wildman–Crippen LogP) is 6.08. The summed E-state index contributed by atoms with van der Waals surface area (Å²) in [4.78, 5) is 30.5. The van der Waals surface area contributed by atoms with E-state index in [1.807, 2.05) is 30.3 Å². The molecule has 1 aliphatic heterocycles. The minimum atomic E-state index is -5.68. The number of rotatable bonds is 7. The van der Waals surface area contributed by atoms with Gasteiger partial charge in [0.15, 0.2) is 5.82 Å². The first-order chi connectivity index (χ1) is 19.7. The number of carboxylic acids is 1. The van der Waals surface area contributed by atoms with Crippen LogP contribution in [0.3, 0.4) is 0 Å². The third-order valence-electron chi connectivity index (χ3n) is 6.49. The number of aryl methyl sites for hydroxylation is 2. The molecule has 2 aromatic heterocycles. The van der Waals surface area contributed by atoms with Crippen LogP contribution in [0.25, 0.3) is 22.4 Å². The molecule has 0 saturated carbocycles. The summed E-state index contributed by atoms with van der Waals surface area (Å²) in [5.41, 5.74) is 7.80. The van der Waals surface area contributed by atoms with Gasteiger partial charge in [0.25, 0.3) is 0 Å². The second-order valence-electron chi connectivity index (χ2n) is 9.47. The van der Waals surface area contributed by atoms with Crippen molar-refractivity contribution in [2.75, 3.05) is 11.1 Å². The van der Waals surface area contributed by atoms with Gasteiger partial charge in [-0.2, -0.15) is 27.1 Å². The molecule has 0 unspecified atom stereocenters. The lowest BCUT2D eigenvalue weighted by Gasteiger charge is -2.19. The SMILES string of the molecule is C[C@H]1C(=O)Nc2nc(-c3nn(CCC(F)(F)C(F)(F)F)c4cc(Cl)ccc34)nc(N)c21.O=C(O)CCc1ccccc1. The number of nitrogen functional groups attached to an aromatic ring is 1. The van der Waals surface area contributed by atoms with E-state index in [0.717, 1.165) is 10.2 Å². The van der Waals surface area contributed by atoms with Gasteiger partial charge in [0, 0.05) is 35.4 Å². The summed E-state index contributed by atoms with van der Waals surface area (Å²) < 4.78 is 65.5. The fourth-order valence-electron chi connectivity index (χ4n) is 4.24. The molecule has 222 valence electrons. The number of benzene rings is 2. The van der Waals surface area contributed by atoms with E-state index in [1.54, 1.807) is 6.92 Å². The van der Waals surface area contributed by atoms with Gasteiger partial charge < -0.3 is 16.2 Å². The molecule has 3 heterocycles. The van der Waals surface area contributed by atoms with E-state index < -0.39 is 37.0 Å². The first-order valence-corrected chi connectivity index (χ1v) is 12.9. The molecule has 0 radical (unpaired) electrons. The topological polar surface area (TPSA) is 136 Å². The monoisotopic (exact) mass is 610 g/mol. The van der Waals surface area contributed by atoms with Crippen molar-refractivity contribution in [3.63, 3.8) is 0 Å². The van der Waals surface area contributed by atoms with Crippen LogP contribution < -0.4 is 11.1 Å². The van der Waals surface area contributed by atoms with Crippen LogP contribution in [-0.4, -0.2) is 48.8 Å². The number of carboxylic acid groups (broad SMARTS) is 1. The van der Waals surface area contributed by atoms with Gasteiger partial charge in [0.1, 0.15) is 17.3 Å². The van der Waals surface area contributed by atoms with Gasteiger partial charge in [-0.1, -0.05) is 41.9 Å². The highest BCUT2D eigenvalue weighted by atomic mass is 35.5. The molecule has 2 aromatic carbocycles. The molecule has 0 saturated heterocycles. The molecule has 5 rings (SSSR count). The maximum atomic E-state index is 13.4. The maximum Gasteiger partial charge on any atom is 0.453 e. The molecule has 15 heteroatoms. The van der Waals surface area contributed by atoms with Crippen LogP contribution in [0.2, 0.25) is 5.02 Å². The smallest absolute Gasteiger partial charge is 0.453 e. The molecular weight excluding hydrogens is 587 g/mol. The Labute approximate surface area is 240 Å². The lowest BCUT2D eigenvalue weighted by molar-refractivity contribution is -0.285. The van der Waals surface area contributed by atoms with E-state index >= 15 is 0 Å². The zero-order chi connectivity index (χ0) is 30.8. The highest BCUT2D eigenvalue weighted by molar-refractivity contribution is 6.31. The molecule has 1 amide bonds. The standard InChI is InChI=1S/C18H14ClF5N6O.C9H10O2/c1-7-11-13(25)26-15(27-14(11)28-16(7)31)12-9-3-2-8(19)6-10(9)30(29-12)5-4-17(20,21)18(22,23)24;10-9(11)7-6-8-4-2-1-3-5-8/h2-3,6-7H,4-5H2,1H3,(H3,25,26,27,28,31);1-5H,6-7H2,(H,10,11)/t7-;/m1./s1. The van der Waals surface area contributed by atoms with Crippen molar-refractivity contribution in [3.8, 4) is 11.5 Å². The Hall–Kier alpha value is -4.33. The number of nitrogens with two attached hydrogens (primary N) is 1. The zero-order valence-electron chi connectivity index (χ0n) is 21.9. The van der Waals surface area contributed by atoms with Gasteiger partial charge in [0.2, 0.25) is 5.91 Å². The number of hydrogen-bond acceptors (Lipinski definition) is 6. The van der Waals surface area contributed by atoms with Crippen molar-refractivity contribution in [3.05, 3.63) is 64.7 Å². The van der Waals surface area contributed by atoms with E-state index in [4.69, 9.17) is 22.4 Å². The van der Waals surface area contributed by atoms with E-state index in [2.05, 4.69) is 20.4 Å². The molecule has 0 spiro atoms. The zero-order valence-corrected chi connectivity index (χ0v) is 22.7. The van der Waals surface area contributed by atoms with E-state index in [9.17, 15) is 31.5 Å². The number of hydrogen-bond donors (Lipinski definition) is 3. The van der Waals surface area contributed by atoms with Gasteiger partial charge in [0.05, 0.1) is 11.4 Å². The quantitative estimate of drug-likeness (QED) is 0.216. The summed E-state index contributed by atoms with van der Waals surface area (Å²) in [5.74, 6) is -6.29. The van der Waals surface area contributed by atoms with Crippen molar-refractivity contribution >= 4 is 46.0 Å². The number of halogens is 6. The molecule has 4 aromatic rings. The normalized spacial score (nSPS) is 14.7. The number of nitrogens with one attached hydrogen (secondary N) is 1. The van der Waals surface area contributed by atoms with Crippen molar-refractivity contribution in [2.45, 2.75) is 50.7 Å². The molecule has 1 atom stereocenters. The number of carbonyl (C=O) groups is 2. The predicted molar refractivity (Wildman–Crippen MR) is 145 cm³/mol. The molecule has 42 heavy (non-hydrogen) atoms. The Morgan fingerprint density at radius 2 is 1.81 bits per heavy atom. The minimum Gasteiger partial charge on any atom is -0.481 e. The molecule has 1 aliphatic rings. The summed E-state index contributed by atoms with van der Waals surface area (Å²) >= 11 is 5.97. The van der Waals surface area contributed by atoms with Crippen molar-refractivity contribution in [1.29, 1.82) is 0 Å². The van der Waals surface area contributed by atoms with Crippen LogP contribution in [0, 0.1) is 0 Å². The second kappa shape index (κ2) is 11.9. The number of aromatic nitrogens is 4. The highest BCUT2D eigenvalue weighted by Crippen LogP contribution is 2.40. The number of alkyl halides is 5. The third kappa shape index (κ3) is 6.59. The molecule has 0 fully saturated rings. The summed E-state index contributed by atoms with van der Waals surface area (Å²) in [6.45, 7) is 0.894. The summed E-state index contributed by atoms with van der Waals surface area (Å²) in [7, 11) is 0. The van der Waals surface area contributed by atoms with E-state index in [-0.39, 0.29) is 46.0 Å². The fraction of sp³-hybridized carbons (Fsp3) is 0.296. The number of nitrogens with zero attached hydrogens (tertiary/aromatic N) is 4. The van der Waals surface area contributed by atoms with Crippen molar-refractivity contribution in [2.24, 2.45) is 0 Å². The lowest BCUT2D eigenvalue weighted by atomic mass is 10.1. The Morgan fingerprint density at radius 1 is 1.12 bits per heavy atom. The maximum absolute atomic E-state index is 13.4. The average Bonchev–Trinajstić information content (AvgIpc) is 3.42. The molecule has 0 bridgehead atoms. The van der Waals surface area contributed by atoms with Crippen LogP contribution in [0.15, 0.2) is 48.5 Å². The van der Waals surface area contributed by atoms with Gasteiger partial charge in [-0.25, -0.2) is 9.97 Å². The third-order valence-corrected chi connectivity index (χ3v) is 6.73. The van der Waals surface area contributed by atoms with Crippen LogP contribution >= 0.6 is 11.6 Å². The molecule has 0 aliphatic carbocycles. The number of aliphatic carboxylic acids is 1. The Bertz CT molecular complexity index is 1630. The number of carbonyl (C=O) groups excluding carboxylic acids is 1. The van der Waals surface area contributed by atoms with Crippen LogP contribution in [-0.2, 0) is 22.6 Å². The largest absolute Gasteiger partial charge is 0.481 e.